The van der Waals surface area contributed by atoms with Crippen molar-refractivity contribution in [3.63, 3.8) is 0 Å². The second-order valence-corrected chi connectivity index (χ2v) is 6.58. The fraction of sp³-hybridized carbons (Fsp3) is 0.526. The van der Waals surface area contributed by atoms with Gasteiger partial charge in [0.15, 0.2) is 0 Å². The average molecular weight is 335 g/mol. The molecule has 0 fully saturated rings. The van der Waals surface area contributed by atoms with Gasteiger partial charge in [-0.2, -0.15) is 0 Å². The molecule has 0 saturated heterocycles. The zero-order valence-electron chi connectivity index (χ0n) is 14.2. The maximum absolute atomic E-state index is 8.92. The van der Waals surface area contributed by atoms with E-state index in [2.05, 4.69) is 44.0 Å². The van der Waals surface area contributed by atoms with Crippen LogP contribution in [0.5, 0.6) is 0 Å². The molecule has 0 spiro atoms. The Hall–Kier alpha value is -1.32. The van der Waals surface area contributed by atoms with Crippen molar-refractivity contribution in [2.75, 3.05) is 12.5 Å². The fourth-order valence-electron chi connectivity index (χ4n) is 3.27. The number of aliphatic imine (C=N–C) groups is 1. The maximum atomic E-state index is 8.92. The molecule has 2 heterocycles. The van der Waals surface area contributed by atoms with Gasteiger partial charge in [-0.3, -0.25) is 4.99 Å². The minimum absolute atomic E-state index is 0.0451. The summed E-state index contributed by atoms with van der Waals surface area (Å²) in [5, 5.41) is 8.92. The van der Waals surface area contributed by atoms with Gasteiger partial charge >= 0.3 is 0 Å². The SMILES string of the molecule is CC/C=C/C1=NC(C(CCl)c2[nH]c(/C=C/CO)cc2C)C(C)C1. The lowest BCUT2D eigenvalue weighted by molar-refractivity contribution is 0.343. The number of halogens is 1. The Bertz CT molecular complexity index is 601. The summed E-state index contributed by atoms with van der Waals surface area (Å²) in [6, 6.07) is 2.32. The Morgan fingerprint density at radius 2 is 2.22 bits per heavy atom. The van der Waals surface area contributed by atoms with Gasteiger partial charge in [0.2, 0.25) is 0 Å². The number of aliphatic hydroxyl groups excluding tert-OH is 1. The summed E-state index contributed by atoms with van der Waals surface area (Å²) < 4.78 is 0. The number of hydrogen-bond donors (Lipinski definition) is 2. The standard InChI is InChI=1S/C19H27ClN2O/c1-4-5-7-15-10-13(2)18(21-15)17(12-20)19-14(3)11-16(22-19)8-6-9-23/h5-8,11,13,17-18,22-23H,4,9-10,12H2,1-3H3/b7-5+,8-6+. The number of H-pyrrole nitrogens is 1. The van der Waals surface area contributed by atoms with Gasteiger partial charge in [0.25, 0.3) is 0 Å². The van der Waals surface area contributed by atoms with Gasteiger partial charge in [0.05, 0.1) is 12.6 Å². The molecule has 0 bridgehead atoms. The summed E-state index contributed by atoms with van der Waals surface area (Å²) in [6.45, 7) is 6.54. The Morgan fingerprint density at radius 1 is 1.43 bits per heavy atom. The minimum atomic E-state index is 0.0451. The smallest absolute Gasteiger partial charge is 0.0626 e. The molecule has 126 valence electrons. The number of aliphatic hydroxyl groups is 1. The molecule has 3 unspecified atom stereocenters. The van der Waals surface area contributed by atoms with Crippen molar-refractivity contribution in [1.82, 2.24) is 4.98 Å². The topological polar surface area (TPSA) is 48.4 Å². The highest BCUT2D eigenvalue weighted by molar-refractivity contribution is 6.18. The van der Waals surface area contributed by atoms with Crippen LogP contribution in [0.15, 0.2) is 29.3 Å². The Kier molecular flexibility index (Phi) is 6.67. The van der Waals surface area contributed by atoms with Gasteiger partial charge in [-0.15, -0.1) is 11.6 Å². The fourth-order valence-corrected chi connectivity index (χ4v) is 3.61. The third-order valence-electron chi connectivity index (χ3n) is 4.40. The van der Waals surface area contributed by atoms with Crippen LogP contribution in [-0.4, -0.2) is 34.3 Å². The summed E-state index contributed by atoms with van der Waals surface area (Å²) in [7, 11) is 0. The zero-order chi connectivity index (χ0) is 16.8. The summed E-state index contributed by atoms with van der Waals surface area (Å²) in [5.41, 5.74) is 4.55. The molecule has 0 amide bonds. The lowest BCUT2D eigenvalue weighted by Gasteiger charge is -2.23. The summed E-state index contributed by atoms with van der Waals surface area (Å²) in [6.07, 6.45) is 10.0. The minimum Gasteiger partial charge on any atom is -0.392 e. The predicted octanol–water partition coefficient (Wildman–Crippen LogP) is 4.47. The third-order valence-corrected chi connectivity index (χ3v) is 4.74. The molecule has 0 radical (unpaired) electrons. The van der Waals surface area contributed by atoms with E-state index in [-0.39, 0.29) is 18.6 Å². The van der Waals surface area contributed by atoms with Crippen LogP contribution in [0, 0.1) is 12.8 Å². The van der Waals surface area contributed by atoms with Crippen molar-refractivity contribution in [2.24, 2.45) is 10.9 Å². The van der Waals surface area contributed by atoms with E-state index < -0.39 is 0 Å². The molecule has 1 aromatic rings. The number of aryl methyl sites for hydroxylation is 1. The van der Waals surface area contributed by atoms with Crippen molar-refractivity contribution in [3.05, 3.63) is 41.2 Å². The van der Waals surface area contributed by atoms with E-state index in [4.69, 9.17) is 21.7 Å². The largest absolute Gasteiger partial charge is 0.392 e. The molecule has 0 saturated carbocycles. The van der Waals surface area contributed by atoms with E-state index in [1.54, 1.807) is 6.08 Å². The van der Waals surface area contributed by atoms with E-state index >= 15 is 0 Å². The third kappa shape index (κ3) is 4.36. The quantitative estimate of drug-likeness (QED) is 0.710. The molecular weight excluding hydrogens is 308 g/mol. The number of rotatable bonds is 7. The van der Waals surface area contributed by atoms with E-state index in [9.17, 15) is 0 Å². The summed E-state index contributed by atoms with van der Waals surface area (Å²) >= 11 is 6.32. The molecular formula is C19H27ClN2O. The number of aromatic amines is 1. The first-order valence-electron chi connectivity index (χ1n) is 8.36. The molecule has 2 rings (SSSR count). The van der Waals surface area contributed by atoms with Crippen molar-refractivity contribution in [1.29, 1.82) is 0 Å². The highest BCUT2D eigenvalue weighted by Crippen LogP contribution is 2.35. The Morgan fingerprint density at radius 3 is 2.87 bits per heavy atom. The zero-order valence-corrected chi connectivity index (χ0v) is 15.0. The number of hydrogen-bond acceptors (Lipinski definition) is 2. The highest BCUT2D eigenvalue weighted by atomic mass is 35.5. The van der Waals surface area contributed by atoms with Crippen LogP contribution in [0.25, 0.3) is 6.08 Å². The molecule has 1 aliphatic rings. The molecule has 1 aromatic heterocycles. The van der Waals surface area contributed by atoms with Crippen molar-refractivity contribution in [2.45, 2.75) is 45.6 Å². The normalized spacial score (nSPS) is 23.1. The molecule has 3 atom stereocenters. The number of allylic oxidation sites excluding steroid dienone is 2. The lowest BCUT2D eigenvalue weighted by atomic mass is 9.87. The summed E-state index contributed by atoms with van der Waals surface area (Å²) in [5.74, 6) is 1.23. The van der Waals surface area contributed by atoms with Gasteiger partial charge < -0.3 is 10.1 Å². The molecule has 0 aromatic carbocycles. The van der Waals surface area contributed by atoms with Crippen LogP contribution in [0.1, 0.15) is 49.6 Å². The Balaban J connectivity index is 2.25. The molecule has 0 aliphatic carbocycles. The van der Waals surface area contributed by atoms with Gasteiger partial charge in [-0.25, -0.2) is 0 Å². The first-order valence-corrected chi connectivity index (χ1v) is 8.90. The first kappa shape index (κ1) is 18.0. The maximum Gasteiger partial charge on any atom is 0.0626 e. The van der Waals surface area contributed by atoms with E-state index in [0.717, 1.165) is 18.5 Å². The highest BCUT2D eigenvalue weighted by Gasteiger charge is 2.33. The second kappa shape index (κ2) is 8.51. The van der Waals surface area contributed by atoms with Crippen molar-refractivity contribution >= 4 is 23.4 Å². The van der Waals surface area contributed by atoms with Crippen molar-refractivity contribution in [3.8, 4) is 0 Å². The number of alkyl halides is 1. The molecule has 2 N–H and O–H groups in total. The Labute approximate surface area is 144 Å². The predicted molar refractivity (Wildman–Crippen MR) is 99.5 cm³/mol. The van der Waals surface area contributed by atoms with E-state index in [1.165, 1.54) is 17.0 Å². The molecule has 3 nitrogen and oxygen atoms in total. The van der Waals surface area contributed by atoms with Crippen LogP contribution in [0.4, 0.5) is 0 Å². The van der Waals surface area contributed by atoms with E-state index in [0.29, 0.717) is 11.8 Å². The average Bonchev–Trinajstić information content (AvgIpc) is 3.08. The van der Waals surface area contributed by atoms with Gasteiger partial charge in [-0.05, 0) is 49.5 Å². The first-order chi connectivity index (χ1) is 11.1. The van der Waals surface area contributed by atoms with E-state index in [1.807, 2.05) is 6.08 Å². The second-order valence-electron chi connectivity index (χ2n) is 6.27. The molecule has 4 heteroatoms. The van der Waals surface area contributed by atoms with Gasteiger partial charge in [0.1, 0.15) is 0 Å². The number of aromatic nitrogens is 1. The van der Waals surface area contributed by atoms with Crippen molar-refractivity contribution < 1.29 is 5.11 Å². The van der Waals surface area contributed by atoms with Crippen LogP contribution in [0.2, 0.25) is 0 Å². The number of nitrogens with one attached hydrogen (secondary N) is 1. The summed E-state index contributed by atoms with van der Waals surface area (Å²) in [4.78, 5) is 8.39. The molecule has 23 heavy (non-hydrogen) atoms. The van der Waals surface area contributed by atoms with Crippen LogP contribution in [-0.2, 0) is 0 Å². The van der Waals surface area contributed by atoms with Gasteiger partial charge in [-0.1, -0.05) is 26.0 Å². The van der Waals surface area contributed by atoms with Crippen LogP contribution < -0.4 is 0 Å². The number of nitrogens with zero attached hydrogens (tertiary/aromatic N) is 1. The van der Waals surface area contributed by atoms with Crippen LogP contribution >= 0.6 is 11.6 Å². The van der Waals surface area contributed by atoms with Gasteiger partial charge in [0, 0.05) is 28.9 Å². The molecule has 1 aliphatic heterocycles. The monoisotopic (exact) mass is 334 g/mol. The van der Waals surface area contributed by atoms with Crippen LogP contribution in [0.3, 0.4) is 0 Å². The lowest BCUT2D eigenvalue weighted by Crippen LogP contribution is -2.23.